The highest BCUT2D eigenvalue weighted by Gasteiger charge is 2.48. The van der Waals surface area contributed by atoms with Gasteiger partial charge in [-0.1, -0.05) is 11.6 Å². The Morgan fingerprint density at radius 1 is 1.12 bits per heavy atom. The van der Waals surface area contributed by atoms with Crippen molar-refractivity contribution in [3.8, 4) is 11.5 Å². The summed E-state index contributed by atoms with van der Waals surface area (Å²) in [7, 11) is 0. The number of aromatic nitrogens is 8. The molecular weight excluding hydrogens is 573 g/mol. The molecule has 6 rings (SSSR count). The number of alkyl halides is 5. The summed E-state index contributed by atoms with van der Waals surface area (Å²) < 4.78 is 70.4. The summed E-state index contributed by atoms with van der Waals surface area (Å²) in [5.74, 6) is -1.85. The third-order valence-electron chi connectivity index (χ3n) is 6.92. The van der Waals surface area contributed by atoms with Crippen LogP contribution in [0.4, 0.5) is 27.6 Å². The zero-order chi connectivity index (χ0) is 29.1. The van der Waals surface area contributed by atoms with E-state index in [1.807, 2.05) is 0 Å². The maximum absolute atomic E-state index is 13.9. The quantitative estimate of drug-likeness (QED) is 0.277. The number of nitrogens with zero attached hydrogens (tertiary/aromatic N) is 8. The van der Waals surface area contributed by atoms with Crippen molar-refractivity contribution in [2.24, 2.45) is 0 Å². The number of carbonyl (C=O) groups is 1. The van der Waals surface area contributed by atoms with Gasteiger partial charge in [0, 0.05) is 36.4 Å². The number of rotatable bonds is 5. The van der Waals surface area contributed by atoms with Crippen LogP contribution in [0.5, 0.6) is 0 Å². The number of amides is 1. The molecule has 0 bridgehead atoms. The van der Waals surface area contributed by atoms with Gasteiger partial charge >= 0.3 is 12.7 Å². The molecule has 1 aliphatic rings. The number of hydrogen-bond donors (Lipinski definition) is 1. The minimum atomic E-state index is -4.82. The van der Waals surface area contributed by atoms with Crippen molar-refractivity contribution >= 4 is 28.8 Å². The molecule has 0 fully saturated rings. The average Bonchev–Trinajstić information content (AvgIpc) is 3.64. The summed E-state index contributed by atoms with van der Waals surface area (Å²) in [6, 6.07) is 5.12. The second-order valence-corrected chi connectivity index (χ2v) is 9.91. The van der Waals surface area contributed by atoms with Gasteiger partial charge in [0.1, 0.15) is 5.69 Å². The van der Waals surface area contributed by atoms with Crippen LogP contribution in [0.2, 0.25) is 5.15 Å². The fourth-order valence-corrected chi connectivity index (χ4v) is 5.29. The monoisotopic (exact) mass is 589 g/mol. The van der Waals surface area contributed by atoms with E-state index in [2.05, 4.69) is 35.5 Å². The molecule has 1 N–H and O–H groups in total. The van der Waals surface area contributed by atoms with Crippen LogP contribution < -0.4 is 5.32 Å². The van der Waals surface area contributed by atoms with E-state index in [1.165, 1.54) is 41.3 Å². The first kappa shape index (κ1) is 26.7. The van der Waals surface area contributed by atoms with Gasteiger partial charge in [-0.15, -0.1) is 0 Å². The van der Waals surface area contributed by atoms with Crippen LogP contribution in [0, 0.1) is 0 Å². The molecule has 210 valence electrons. The molecule has 0 radical (unpaired) electrons. The van der Waals surface area contributed by atoms with Crippen molar-refractivity contribution in [3.05, 3.63) is 82.9 Å². The Morgan fingerprint density at radius 3 is 2.56 bits per heavy atom. The number of anilines is 1. The fraction of sp³-hybridized carbons (Fsp3) is 0.240. The van der Waals surface area contributed by atoms with Crippen molar-refractivity contribution in [3.63, 3.8) is 0 Å². The molecule has 5 aromatic rings. The minimum absolute atomic E-state index is 0.0299. The maximum Gasteiger partial charge on any atom is 0.418 e. The molecule has 2 unspecified atom stereocenters. The first-order chi connectivity index (χ1) is 19.5. The zero-order valence-electron chi connectivity index (χ0n) is 20.8. The largest absolute Gasteiger partial charge is 0.418 e. The summed E-state index contributed by atoms with van der Waals surface area (Å²) in [6.07, 6.45) is 1.42. The summed E-state index contributed by atoms with van der Waals surface area (Å²) >= 11 is 6.11. The summed E-state index contributed by atoms with van der Waals surface area (Å²) in [6.45, 7) is -1.17. The van der Waals surface area contributed by atoms with Crippen LogP contribution in [0.25, 0.3) is 17.2 Å². The lowest BCUT2D eigenvalue weighted by molar-refractivity contribution is -0.137. The molecule has 0 spiro atoms. The Bertz CT molecular complexity index is 1790. The van der Waals surface area contributed by atoms with E-state index >= 15 is 0 Å². The van der Waals surface area contributed by atoms with E-state index in [9.17, 15) is 26.7 Å². The van der Waals surface area contributed by atoms with Crippen LogP contribution in [0.1, 0.15) is 48.3 Å². The van der Waals surface area contributed by atoms with Crippen molar-refractivity contribution in [1.82, 2.24) is 39.3 Å². The molecule has 16 heteroatoms. The van der Waals surface area contributed by atoms with E-state index in [-0.39, 0.29) is 28.8 Å². The van der Waals surface area contributed by atoms with Crippen molar-refractivity contribution < 1.29 is 26.7 Å². The van der Waals surface area contributed by atoms with E-state index in [4.69, 9.17) is 11.6 Å². The Labute approximate surface area is 232 Å². The van der Waals surface area contributed by atoms with Gasteiger partial charge < -0.3 is 5.32 Å². The Morgan fingerprint density at radius 2 is 1.88 bits per heavy atom. The lowest BCUT2D eigenvalue weighted by Gasteiger charge is -2.23. The second kappa shape index (κ2) is 9.54. The molecule has 0 saturated carbocycles. The van der Waals surface area contributed by atoms with Gasteiger partial charge in [0.25, 0.3) is 0 Å². The fourth-order valence-electron chi connectivity index (χ4n) is 5.12. The Balaban J connectivity index is 1.40. The smallest absolute Gasteiger partial charge is 0.324 e. The van der Waals surface area contributed by atoms with Crippen molar-refractivity contribution in [2.75, 3.05) is 5.32 Å². The van der Waals surface area contributed by atoms with Crippen LogP contribution in [-0.4, -0.2) is 45.2 Å². The van der Waals surface area contributed by atoms with Gasteiger partial charge in [-0.2, -0.15) is 32.1 Å². The Hall–Kier alpha value is -4.53. The van der Waals surface area contributed by atoms with Gasteiger partial charge in [-0.05, 0) is 31.5 Å². The zero-order valence-corrected chi connectivity index (χ0v) is 21.6. The summed E-state index contributed by atoms with van der Waals surface area (Å²) in [5.41, 5.74) is -1.53. The summed E-state index contributed by atoms with van der Waals surface area (Å²) in [4.78, 5) is 29.5. The maximum atomic E-state index is 13.9. The first-order valence-corrected chi connectivity index (χ1v) is 12.4. The normalized spacial score (nSPS) is 18.7. The lowest BCUT2D eigenvalue weighted by atomic mass is 9.82. The highest BCUT2D eigenvalue weighted by Crippen LogP contribution is 2.50. The predicted octanol–water partition coefficient (Wildman–Crippen LogP) is 5.28. The molecule has 10 nitrogen and oxygen atoms in total. The molecule has 1 aliphatic carbocycles. The SMILES string of the molecule is CC1(c2ccn(C(F)F)n2)CC(C(=O)Nc2cnc(-c3ncccn3)c(C(F)(F)F)c2)c2cnc3cc(Cl)nn3c21. The molecule has 2 atom stereocenters. The van der Waals surface area contributed by atoms with E-state index in [0.29, 0.717) is 21.6 Å². The van der Waals surface area contributed by atoms with E-state index in [0.717, 1.165) is 18.5 Å². The van der Waals surface area contributed by atoms with Crippen LogP contribution in [0.15, 0.2) is 55.2 Å². The molecule has 5 heterocycles. The van der Waals surface area contributed by atoms with Crippen LogP contribution >= 0.6 is 11.6 Å². The third-order valence-corrected chi connectivity index (χ3v) is 7.11. The highest BCUT2D eigenvalue weighted by atomic mass is 35.5. The number of nitrogens with one attached hydrogen (secondary N) is 1. The van der Waals surface area contributed by atoms with E-state index < -0.39 is 41.2 Å². The molecular formula is C25H17ClF5N9O. The number of hydrogen-bond acceptors (Lipinski definition) is 7. The first-order valence-electron chi connectivity index (χ1n) is 12.0. The molecule has 0 aliphatic heterocycles. The van der Waals surface area contributed by atoms with Gasteiger partial charge in [-0.3, -0.25) is 9.78 Å². The molecule has 0 aromatic carbocycles. The topological polar surface area (TPSA) is 116 Å². The number of halogens is 6. The third kappa shape index (κ3) is 4.55. The van der Waals surface area contributed by atoms with Crippen LogP contribution in [-0.2, 0) is 16.4 Å². The number of carbonyl (C=O) groups excluding carboxylic acids is 1. The average molecular weight is 590 g/mol. The predicted molar refractivity (Wildman–Crippen MR) is 134 cm³/mol. The van der Waals surface area contributed by atoms with Crippen molar-refractivity contribution in [2.45, 2.75) is 37.4 Å². The lowest BCUT2D eigenvalue weighted by Crippen LogP contribution is -2.26. The number of pyridine rings is 1. The number of fused-ring (bicyclic) bond motifs is 3. The van der Waals surface area contributed by atoms with Gasteiger partial charge in [0.05, 0.1) is 40.2 Å². The standard InChI is InChI=1S/C25H17ClF5N9O/c1-24(16-3-6-39(37-16)23(27)28)9-13(14-11-34-18-8-17(26)38-40(18)20(14)24)22(41)36-12-7-15(25(29,30)31)19(35-10-12)21-32-4-2-5-33-21/h2-8,10-11,13,23H,9H2,1H3,(H,36,41). The summed E-state index contributed by atoms with van der Waals surface area (Å²) in [5, 5.41) is 10.9. The van der Waals surface area contributed by atoms with E-state index in [1.54, 1.807) is 6.92 Å². The van der Waals surface area contributed by atoms with Crippen LogP contribution in [0.3, 0.4) is 0 Å². The molecule has 41 heavy (non-hydrogen) atoms. The Kier molecular flexibility index (Phi) is 6.21. The van der Waals surface area contributed by atoms with Gasteiger partial charge in [0.2, 0.25) is 5.91 Å². The van der Waals surface area contributed by atoms with Gasteiger partial charge in [-0.25, -0.2) is 24.1 Å². The molecule has 1 amide bonds. The van der Waals surface area contributed by atoms with Gasteiger partial charge in [0.15, 0.2) is 16.6 Å². The molecule has 0 saturated heterocycles. The molecule has 5 aromatic heterocycles. The van der Waals surface area contributed by atoms with Crippen molar-refractivity contribution in [1.29, 1.82) is 0 Å². The second-order valence-electron chi connectivity index (χ2n) is 9.53. The minimum Gasteiger partial charge on any atom is -0.324 e. The highest BCUT2D eigenvalue weighted by molar-refractivity contribution is 6.29.